The first-order valence-corrected chi connectivity index (χ1v) is 25.4. The molecule has 0 N–H and O–H groups in total. The van der Waals surface area contributed by atoms with Crippen LogP contribution in [0, 0.1) is 0 Å². The number of allylic oxidation sites excluding steroid dienone is 2. The number of hydrogen-bond donors (Lipinski definition) is 0. The van der Waals surface area contributed by atoms with Gasteiger partial charge in [0.25, 0.3) is 0 Å². The third kappa shape index (κ3) is 12.6. The fourth-order valence-electron chi connectivity index (χ4n) is 7.88. The quantitative estimate of drug-likeness (QED) is 0.0276. The van der Waals surface area contributed by atoms with E-state index in [0.29, 0.717) is 36.2 Å². The molecule has 0 bridgehead atoms. The largest absolute Gasteiger partial charge is 0.493 e. The Labute approximate surface area is 385 Å². The molecule has 7 aromatic rings. The van der Waals surface area contributed by atoms with Crippen LogP contribution in [0.2, 0.25) is 0 Å². The Balaban J connectivity index is 0.902. The first-order chi connectivity index (χ1) is 32.0. The zero-order valence-electron chi connectivity index (χ0n) is 37.0. The van der Waals surface area contributed by atoms with Crippen molar-refractivity contribution >= 4 is 65.4 Å². The molecule has 6 nitrogen and oxygen atoms in total. The Morgan fingerprint density at radius 1 is 0.477 bits per heavy atom. The lowest BCUT2D eigenvalue weighted by molar-refractivity contribution is -0.121. The van der Waals surface area contributed by atoms with E-state index in [0.717, 1.165) is 36.3 Å². The van der Waals surface area contributed by atoms with Gasteiger partial charge in [-0.2, -0.15) is 0 Å². The van der Waals surface area contributed by atoms with E-state index in [9.17, 15) is 9.59 Å². The highest BCUT2D eigenvalue weighted by atomic mass is 31.2. The Morgan fingerprint density at radius 3 is 1.26 bits per heavy atom. The summed E-state index contributed by atoms with van der Waals surface area (Å²) in [5.41, 5.74) is 1.52. The molecule has 0 unspecified atom stereocenters. The monoisotopic (exact) mass is 897 g/mol. The molecule has 7 rings (SSSR count). The minimum absolute atomic E-state index is 0.253. The van der Waals surface area contributed by atoms with Crippen molar-refractivity contribution in [3.8, 4) is 23.0 Å². The van der Waals surface area contributed by atoms with Crippen molar-refractivity contribution < 1.29 is 28.5 Å². The van der Waals surface area contributed by atoms with Gasteiger partial charge >= 0.3 is 0 Å². The molecule has 0 saturated heterocycles. The third-order valence-corrected chi connectivity index (χ3v) is 18.2. The zero-order valence-corrected chi connectivity index (χ0v) is 38.8. The number of rotatable bonds is 23. The summed E-state index contributed by atoms with van der Waals surface area (Å²) >= 11 is 0. The van der Waals surface area contributed by atoms with Crippen molar-refractivity contribution in [2.45, 2.75) is 19.3 Å². The summed E-state index contributed by atoms with van der Waals surface area (Å²) in [5.74, 6) is 1.83. The fraction of sp³-hybridized carbons (Fsp3) is 0.158. The summed E-state index contributed by atoms with van der Waals surface area (Å²) in [6.07, 6.45) is 9.64. The normalized spacial score (nSPS) is 11.5. The van der Waals surface area contributed by atoms with E-state index in [1.165, 1.54) is 38.7 Å². The Bertz CT molecular complexity index is 2500. The first-order valence-electron chi connectivity index (χ1n) is 21.9. The number of ether oxygens (including phenoxy) is 4. The van der Waals surface area contributed by atoms with Gasteiger partial charge in [0.15, 0.2) is 34.6 Å². The molecule has 328 valence electrons. The fourth-order valence-corrected chi connectivity index (χ4v) is 14.5. The van der Waals surface area contributed by atoms with Crippen LogP contribution in [0.25, 0.3) is 12.2 Å². The molecule has 0 radical (unpaired) electrons. The van der Waals surface area contributed by atoms with Gasteiger partial charge in [-0.05, 0) is 115 Å². The third-order valence-electron chi connectivity index (χ3n) is 11.1. The molecule has 0 spiro atoms. The average Bonchev–Trinajstić information content (AvgIpc) is 3.37. The Morgan fingerprint density at radius 2 is 0.862 bits per heavy atom. The van der Waals surface area contributed by atoms with Gasteiger partial charge in [-0.15, -0.1) is 0 Å². The maximum Gasteiger partial charge on any atom is 0.163 e. The van der Waals surface area contributed by atoms with Crippen molar-refractivity contribution in [3.63, 3.8) is 0 Å². The van der Waals surface area contributed by atoms with E-state index in [1.807, 2.05) is 36.4 Å². The van der Waals surface area contributed by atoms with E-state index in [2.05, 4.69) is 152 Å². The lowest BCUT2D eigenvalue weighted by atomic mass is 10.1. The van der Waals surface area contributed by atoms with Crippen molar-refractivity contribution in [1.29, 1.82) is 0 Å². The van der Waals surface area contributed by atoms with Gasteiger partial charge in [0.2, 0.25) is 0 Å². The number of carbonyl (C=O) groups excluding carboxylic acids is 2. The minimum Gasteiger partial charge on any atom is -0.493 e. The molecule has 65 heavy (non-hydrogen) atoms. The molecular formula is C57H55O6P2+. The second-order valence-electron chi connectivity index (χ2n) is 15.4. The number of ketones is 2. The van der Waals surface area contributed by atoms with Crippen LogP contribution in [0.1, 0.15) is 30.4 Å². The summed E-state index contributed by atoms with van der Waals surface area (Å²) in [7, 11) is 0.744. The maximum absolute atomic E-state index is 12.9. The van der Waals surface area contributed by atoms with Crippen molar-refractivity contribution in [2.75, 3.05) is 39.8 Å². The van der Waals surface area contributed by atoms with Gasteiger partial charge in [-0.3, -0.25) is 9.59 Å². The van der Waals surface area contributed by atoms with Crippen LogP contribution in [-0.2, 0) is 9.59 Å². The first kappa shape index (κ1) is 46.4. The summed E-state index contributed by atoms with van der Waals surface area (Å²) < 4.78 is 23.9. The van der Waals surface area contributed by atoms with E-state index >= 15 is 0 Å². The number of hydrogen-bond acceptors (Lipinski definition) is 6. The smallest absolute Gasteiger partial charge is 0.163 e. The number of carbonyl (C=O) groups is 2. The van der Waals surface area contributed by atoms with E-state index in [-0.39, 0.29) is 18.0 Å². The molecule has 0 atom stereocenters. The summed E-state index contributed by atoms with van der Waals surface area (Å²) in [6, 6.07) is 65.0. The van der Waals surface area contributed by atoms with Gasteiger partial charge in [-0.25, -0.2) is 0 Å². The highest BCUT2D eigenvalue weighted by molar-refractivity contribution is 7.95. The van der Waals surface area contributed by atoms with Crippen LogP contribution in [0.3, 0.4) is 0 Å². The molecule has 0 fully saturated rings. The molecule has 0 aromatic heterocycles. The lowest BCUT2D eigenvalue weighted by Gasteiger charge is -2.27. The minimum atomic E-state index is -1.97. The van der Waals surface area contributed by atoms with Crippen LogP contribution in [0.4, 0.5) is 0 Å². The van der Waals surface area contributed by atoms with Crippen molar-refractivity contribution in [3.05, 3.63) is 211 Å². The van der Waals surface area contributed by atoms with Gasteiger partial charge in [-0.1, -0.05) is 140 Å². The van der Waals surface area contributed by atoms with Gasteiger partial charge in [0, 0.05) is 6.42 Å². The molecule has 0 heterocycles. The molecule has 0 aliphatic carbocycles. The average molecular weight is 898 g/mol. The summed E-state index contributed by atoms with van der Waals surface area (Å²) in [6.45, 7) is 1.05. The van der Waals surface area contributed by atoms with Crippen molar-refractivity contribution in [2.24, 2.45) is 0 Å². The predicted octanol–water partition coefficient (Wildman–Crippen LogP) is 10.6. The zero-order chi connectivity index (χ0) is 45.1. The lowest BCUT2D eigenvalue weighted by Crippen LogP contribution is -2.33. The molecule has 0 aliphatic rings. The van der Waals surface area contributed by atoms with Gasteiger partial charge in [0.1, 0.15) is 23.2 Å². The summed E-state index contributed by atoms with van der Waals surface area (Å²) in [5, 5.41) is 6.73. The van der Waals surface area contributed by atoms with Crippen LogP contribution < -0.4 is 45.5 Å². The number of methoxy groups -OCH3 is 2. The van der Waals surface area contributed by atoms with Crippen LogP contribution in [-0.4, -0.2) is 51.3 Å². The van der Waals surface area contributed by atoms with Gasteiger partial charge in [0.05, 0.1) is 40.0 Å². The molecular weight excluding hydrogens is 843 g/mol. The van der Waals surface area contributed by atoms with Crippen LogP contribution >= 0.6 is 15.2 Å². The van der Waals surface area contributed by atoms with Crippen LogP contribution in [0.5, 0.6) is 23.0 Å². The Hall–Kier alpha value is -6.58. The second kappa shape index (κ2) is 23.9. The molecule has 7 aromatic carbocycles. The molecule has 0 amide bonds. The number of benzene rings is 7. The predicted molar refractivity (Wildman–Crippen MR) is 273 cm³/mol. The molecule has 0 aliphatic heterocycles. The van der Waals surface area contributed by atoms with E-state index < -0.39 is 15.2 Å². The van der Waals surface area contributed by atoms with E-state index in [1.54, 1.807) is 26.4 Å². The topological polar surface area (TPSA) is 71.1 Å². The van der Waals surface area contributed by atoms with Crippen molar-refractivity contribution in [1.82, 2.24) is 0 Å². The maximum atomic E-state index is 12.9. The highest BCUT2D eigenvalue weighted by Crippen LogP contribution is 2.55. The van der Waals surface area contributed by atoms with E-state index in [4.69, 9.17) is 18.9 Å². The Kier molecular flexibility index (Phi) is 17.1. The van der Waals surface area contributed by atoms with Gasteiger partial charge < -0.3 is 18.9 Å². The second-order valence-corrected chi connectivity index (χ2v) is 21.3. The highest BCUT2D eigenvalue weighted by Gasteiger charge is 2.44. The standard InChI is InChI=1S/C57H55O6P2/c1-60-56-42-45(32-36-54(56)62-38-18-40-64(49-20-8-3-9-21-49)50-22-10-4-11-23-50)30-34-47(58)44-48(59)35-31-46-33-37-55(57(43-46)61-2)63-39-19-41-65(51-24-12-5-13-25-51,52-26-14-6-15-27-52)53-28-16-7-17-29-53/h3-17,20-37,42-43H,18-19,38-41,44H2,1-2H3/q+1/b34-30+,35-31+. The molecule has 8 heteroatoms. The SMILES string of the molecule is COc1cc(/C=C/C(=O)CC(=O)/C=C/c2ccc(OCCC[P+](c3ccccc3)(c3ccccc3)c3ccccc3)c(OC)c2)ccc1OCCCP(c1ccccc1)c1ccccc1. The molecule has 0 saturated carbocycles. The summed E-state index contributed by atoms with van der Waals surface area (Å²) in [4.78, 5) is 25.7. The van der Waals surface area contributed by atoms with Crippen LogP contribution in [0.15, 0.2) is 200 Å².